The number of hydrogen-bond acceptors (Lipinski definition) is 3. The fourth-order valence-corrected chi connectivity index (χ4v) is 1.67. The summed E-state index contributed by atoms with van der Waals surface area (Å²) >= 11 is 0. The van der Waals surface area contributed by atoms with Crippen LogP contribution < -0.4 is 0 Å². The maximum atomic E-state index is 8.92. The highest BCUT2D eigenvalue weighted by atomic mass is 16.3. The Morgan fingerprint density at radius 3 is 3.17 bits per heavy atom. The zero-order chi connectivity index (χ0) is 8.55. The molecule has 66 valence electrons. The van der Waals surface area contributed by atoms with Crippen molar-refractivity contribution in [3.05, 3.63) is 12.2 Å². The molecule has 1 aromatic rings. The van der Waals surface area contributed by atoms with E-state index >= 15 is 0 Å². The van der Waals surface area contributed by atoms with Crippen molar-refractivity contribution in [3.8, 4) is 0 Å². The lowest BCUT2D eigenvalue weighted by atomic mass is 10.3. The smallest absolute Gasteiger partial charge is 0.158 e. The second-order valence-corrected chi connectivity index (χ2v) is 3.28. The van der Waals surface area contributed by atoms with Gasteiger partial charge in [0.2, 0.25) is 0 Å². The van der Waals surface area contributed by atoms with Crippen molar-refractivity contribution >= 4 is 0 Å². The summed E-state index contributed by atoms with van der Waals surface area (Å²) in [5.74, 6) is 1.46. The van der Waals surface area contributed by atoms with Crippen LogP contribution in [0.4, 0.5) is 0 Å². The van der Waals surface area contributed by atoms with E-state index in [2.05, 4.69) is 17.1 Å². The van der Waals surface area contributed by atoms with Gasteiger partial charge in [0, 0.05) is 6.04 Å². The van der Waals surface area contributed by atoms with Crippen molar-refractivity contribution in [2.24, 2.45) is 5.92 Å². The van der Waals surface area contributed by atoms with Crippen molar-refractivity contribution in [3.63, 3.8) is 0 Å². The van der Waals surface area contributed by atoms with E-state index in [4.69, 9.17) is 5.11 Å². The van der Waals surface area contributed by atoms with Crippen LogP contribution in [0.1, 0.15) is 31.6 Å². The van der Waals surface area contributed by atoms with Crippen molar-refractivity contribution in [1.82, 2.24) is 14.8 Å². The summed E-state index contributed by atoms with van der Waals surface area (Å²) in [5.41, 5.74) is 0. The largest absolute Gasteiger partial charge is 0.388 e. The van der Waals surface area contributed by atoms with Crippen LogP contribution in [0.2, 0.25) is 0 Å². The molecule has 1 aliphatic carbocycles. The third-order valence-electron chi connectivity index (χ3n) is 2.56. The molecule has 0 aliphatic heterocycles. The molecule has 0 amide bonds. The summed E-state index contributed by atoms with van der Waals surface area (Å²) in [7, 11) is 0. The van der Waals surface area contributed by atoms with Gasteiger partial charge in [-0.25, -0.2) is 0 Å². The van der Waals surface area contributed by atoms with E-state index < -0.39 is 0 Å². The average Bonchev–Trinajstić information content (AvgIpc) is 2.74. The molecule has 0 bridgehead atoms. The van der Waals surface area contributed by atoms with Gasteiger partial charge in [-0.3, -0.25) is 0 Å². The summed E-state index contributed by atoms with van der Waals surface area (Å²) in [6.07, 6.45) is 4.13. The van der Waals surface area contributed by atoms with Crippen LogP contribution in [-0.4, -0.2) is 19.9 Å². The van der Waals surface area contributed by atoms with Crippen LogP contribution >= 0.6 is 0 Å². The highest BCUT2D eigenvalue weighted by Gasteiger charge is 2.37. The molecule has 0 radical (unpaired) electrons. The fourth-order valence-electron chi connectivity index (χ4n) is 1.67. The van der Waals surface area contributed by atoms with E-state index in [1.165, 1.54) is 12.8 Å². The molecule has 0 aromatic carbocycles. The predicted molar refractivity (Wildman–Crippen MR) is 43.4 cm³/mol. The highest BCUT2D eigenvalue weighted by molar-refractivity contribution is 4.98. The first kappa shape index (κ1) is 7.73. The first-order valence-electron chi connectivity index (χ1n) is 4.36. The minimum absolute atomic E-state index is 0.00701. The maximum Gasteiger partial charge on any atom is 0.158 e. The Hall–Kier alpha value is -0.900. The van der Waals surface area contributed by atoms with E-state index in [1.807, 2.05) is 4.57 Å². The Bertz CT molecular complexity index is 271. The third-order valence-corrected chi connectivity index (χ3v) is 2.56. The normalized spacial score (nSPS) is 27.5. The molecule has 2 atom stereocenters. The van der Waals surface area contributed by atoms with Crippen molar-refractivity contribution < 1.29 is 5.11 Å². The predicted octanol–water partition coefficient (Wildman–Crippen LogP) is 0.741. The topological polar surface area (TPSA) is 50.9 Å². The van der Waals surface area contributed by atoms with Gasteiger partial charge in [0.05, 0.1) is 0 Å². The molecule has 1 fully saturated rings. The Morgan fingerprint density at radius 2 is 2.58 bits per heavy atom. The Morgan fingerprint density at radius 1 is 1.75 bits per heavy atom. The minimum Gasteiger partial charge on any atom is -0.388 e. The van der Waals surface area contributed by atoms with Crippen LogP contribution in [0.3, 0.4) is 0 Å². The molecule has 1 heterocycles. The second-order valence-electron chi connectivity index (χ2n) is 3.28. The summed E-state index contributed by atoms with van der Waals surface area (Å²) in [4.78, 5) is 0. The van der Waals surface area contributed by atoms with Gasteiger partial charge in [-0.05, 0) is 12.3 Å². The van der Waals surface area contributed by atoms with Gasteiger partial charge in [0.15, 0.2) is 5.82 Å². The van der Waals surface area contributed by atoms with Gasteiger partial charge in [-0.2, -0.15) is 0 Å². The summed E-state index contributed by atoms with van der Waals surface area (Å²) < 4.78 is 1.99. The van der Waals surface area contributed by atoms with Gasteiger partial charge >= 0.3 is 0 Å². The standard InChI is InChI=1S/C8H13N3O/c1-2-6-3-7(6)11-5-9-10-8(11)4-12/h5-7,12H,2-4H2,1H3. The quantitative estimate of drug-likeness (QED) is 0.722. The molecular weight excluding hydrogens is 154 g/mol. The van der Waals surface area contributed by atoms with E-state index in [0.717, 1.165) is 5.92 Å². The molecule has 1 N–H and O–H groups in total. The lowest BCUT2D eigenvalue weighted by Gasteiger charge is -2.01. The van der Waals surface area contributed by atoms with E-state index in [1.54, 1.807) is 6.33 Å². The summed E-state index contributed by atoms with van der Waals surface area (Å²) in [6, 6.07) is 0.548. The van der Waals surface area contributed by atoms with Crippen LogP contribution in [0, 0.1) is 5.92 Å². The number of rotatable bonds is 3. The molecule has 12 heavy (non-hydrogen) atoms. The number of aliphatic hydroxyl groups is 1. The third kappa shape index (κ3) is 1.12. The Balaban J connectivity index is 2.13. The van der Waals surface area contributed by atoms with Gasteiger partial charge in [-0.15, -0.1) is 10.2 Å². The van der Waals surface area contributed by atoms with Crippen molar-refractivity contribution in [2.45, 2.75) is 32.4 Å². The monoisotopic (exact) mass is 167 g/mol. The zero-order valence-corrected chi connectivity index (χ0v) is 7.14. The SMILES string of the molecule is CCC1CC1n1cnnc1CO. The second kappa shape index (κ2) is 2.86. The Labute approximate surface area is 71.2 Å². The molecule has 4 nitrogen and oxygen atoms in total. The van der Waals surface area contributed by atoms with Crippen LogP contribution in [0.5, 0.6) is 0 Å². The van der Waals surface area contributed by atoms with Crippen LogP contribution in [0.25, 0.3) is 0 Å². The van der Waals surface area contributed by atoms with Gasteiger partial charge in [-0.1, -0.05) is 13.3 Å². The molecular formula is C8H13N3O. The van der Waals surface area contributed by atoms with Crippen LogP contribution in [0.15, 0.2) is 6.33 Å². The number of nitrogens with zero attached hydrogens (tertiary/aromatic N) is 3. The number of hydrogen-bond donors (Lipinski definition) is 1. The van der Waals surface area contributed by atoms with Gasteiger partial charge in [0.1, 0.15) is 12.9 Å². The highest BCUT2D eigenvalue weighted by Crippen LogP contribution is 2.45. The molecule has 0 saturated heterocycles. The maximum absolute atomic E-state index is 8.92. The van der Waals surface area contributed by atoms with Crippen molar-refractivity contribution in [2.75, 3.05) is 0 Å². The van der Waals surface area contributed by atoms with Crippen LogP contribution in [-0.2, 0) is 6.61 Å². The lowest BCUT2D eigenvalue weighted by Crippen LogP contribution is -2.01. The molecule has 1 saturated carbocycles. The Kier molecular flexibility index (Phi) is 1.84. The average molecular weight is 167 g/mol. The lowest BCUT2D eigenvalue weighted by molar-refractivity contribution is 0.264. The van der Waals surface area contributed by atoms with Gasteiger partial charge in [0.25, 0.3) is 0 Å². The number of aliphatic hydroxyl groups excluding tert-OH is 1. The molecule has 1 aromatic heterocycles. The first-order chi connectivity index (χ1) is 5.86. The van der Waals surface area contributed by atoms with E-state index in [0.29, 0.717) is 11.9 Å². The molecule has 4 heteroatoms. The van der Waals surface area contributed by atoms with Crippen molar-refractivity contribution in [1.29, 1.82) is 0 Å². The summed E-state index contributed by atoms with van der Waals surface area (Å²) in [6.45, 7) is 2.18. The zero-order valence-electron chi connectivity index (χ0n) is 7.14. The molecule has 1 aliphatic rings. The molecule has 2 unspecified atom stereocenters. The molecule has 0 spiro atoms. The van der Waals surface area contributed by atoms with E-state index in [-0.39, 0.29) is 6.61 Å². The number of aromatic nitrogens is 3. The van der Waals surface area contributed by atoms with Gasteiger partial charge < -0.3 is 9.67 Å². The fraction of sp³-hybridized carbons (Fsp3) is 0.750. The van der Waals surface area contributed by atoms with E-state index in [9.17, 15) is 0 Å². The molecule has 2 rings (SSSR count). The first-order valence-corrected chi connectivity index (χ1v) is 4.36. The minimum atomic E-state index is -0.00701. The summed E-state index contributed by atoms with van der Waals surface area (Å²) in [5, 5.41) is 16.5.